The van der Waals surface area contributed by atoms with Crippen LogP contribution in [0.1, 0.15) is 18.4 Å². The summed E-state index contributed by atoms with van der Waals surface area (Å²) in [6.07, 6.45) is 1.12. The first kappa shape index (κ1) is 20.1. The number of piperidine rings is 1. The first-order valence-electron chi connectivity index (χ1n) is 10.4. The lowest BCUT2D eigenvalue weighted by molar-refractivity contribution is -0.126. The lowest BCUT2D eigenvalue weighted by Crippen LogP contribution is -2.49. The molecule has 2 N–H and O–H groups in total. The van der Waals surface area contributed by atoms with Crippen LogP contribution in [0.15, 0.2) is 54.6 Å². The molecule has 0 saturated carbocycles. The molecule has 2 aromatic carbocycles. The highest BCUT2D eigenvalue weighted by molar-refractivity contribution is 5.79. The zero-order valence-corrected chi connectivity index (χ0v) is 16.9. The maximum absolute atomic E-state index is 12.5. The Morgan fingerprint density at radius 2 is 1.63 bits per heavy atom. The molecule has 1 atom stereocenters. The van der Waals surface area contributed by atoms with Crippen molar-refractivity contribution in [2.24, 2.45) is 5.92 Å². The number of likely N-dealkylation sites (tertiary alicyclic amines) is 1. The molecule has 0 bridgehead atoms. The van der Waals surface area contributed by atoms with Crippen molar-refractivity contribution in [2.45, 2.75) is 25.5 Å². The average Bonchev–Trinajstić information content (AvgIpc) is 2.81. The number of nitrogens with one attached hydrogen (secondary N) is 2. The summed E-state index contributed by atoms with van der Waals surface area (Å²) in [7, 11) is 0. The molecule has 0 radical (unpaired) electrons. The summed E-state index contributed by atoms with van der Waals surface area (Å²) in [5.74, 6) is 1.44. The van der Waals surface area contributed by atoms with E-state index in [0.717, 1.165) is 11.3 Å². The number of hydrogen-bond donors (Lipinski definition) is 2. The lowest BCUT2D eigenvalue weighted by Gasteiger charge is -2.32. The number of carbonyl (C=O) groups is 2. The smallest absolute Gasteiger partial charge is 0.317 e. The Labute approximate surface area is 176 Å². The van der Waals surface area contributed by atoms with E-state index in [1.807, 2.05) is 54.6 Å². The van der Waals surface area contributed by atoms with Gasteiger partial charge in [0.25, 0.3) is 0 Å². The molecule has 0 spiro atoms. The quantitative estimate of drug-likeness (QED) is 0.796. The zero-order chi connectivity index (χ0) is 20.8. The van der Waals surface area contributed by atoms with Crippen LogP contribution in [0, 0.1) is 5.92 Å². The molecule has 2 aliphatic heterocycles. The van der Waals surface area contributed by atoms with Crippen LogP contribution in [0.3, 0.4) is 0 Å². The minimum Gasteiger partial charge on any atom is -0.486 e. The normalized spacial score (nSPS) is 18.5. The van der Waals surface area contributed by atoms with Crippen LogP contribution < -0.4 is 20.1 Å². The highest BCUT2D eigenvalue weighted by atomic mass is 16.6. The van der Waals surface area contributed by atoms with Crippen molar-refractivity contribution in [3.8, 4) is 11.5 Å². The molecule has 0 aliphatic carbocycles. The Bertz CT molecular complexity index is 866. The summed E-state index contributed by atoms with van der Waals surface area (Å²) in [4.78, 5) is 26.7. The molecule has 7 heteroatoms. The summed E-state index contributed by atoms with van der Waals surface area (Å²) in [5.41, 5.74) is 1.08. The molecular formula is C23H27N3O4. The average molecular weight is 409 g/mol. The lowest BCUT2D eigenvalue weighted by atomic mass is 9.96. The fraction of sp³-hybridized carbons (Fsp3) is 0.391. The zero-order valence-electron chi connectivity index (χ0n) is 16.9. The molecule has 7 nitrogen and oxygen atoms in total. The fourth-order valence-corrected chi connectivity index (χ4v) is 3.75. The molecule has 2 aliphatic rings. The van der Waals surface area contributed by atoms with Crippen molar-refractivity contribution in [1.29, 1.82) is 0 Å². The van der Waals surface area contributed by atoms with E-state index in [2.05, 4.69) is 10.6 Å². The summed E-state index contributed by atoms with van der Waals surface area (Å²) in [5, 5.41) is 5.93. The van der Waals surface area contributed by atoms with E-state index in [1.165, 1.54) is 0 Å². The highest BCUT2D eigenvalue weighted by Gasteiger charge is 2.28. The topological polar surface area (TPSA) is 79.9 Å². The highest BCUT2D eigenvalue weighted by Crippen LogP contribution is 2.30. The summed E-state index contributed by atoms with van der Waals surface area (Å²) in [6.45, 7) is 2.46. The molecule has 2 heterocycles. The number of para-hydroxylation sites is 2. The van der Waals surface area contributed by atoms with Crippen LogP contribution in [-0.2, 0) is 11.3 Å². The Hall–Kier alpha value is -3.22. The molecule has 2 aromatic rings. The van der Waals surface area contributed by atoms with E-state index < -0.39 is 0 Å². The van der Waals surface area contributed by atoms with Crippen molar-refractivity contribution >= 4 is 11.9 Å². The minimum atomic E-state index is -0.217. The van der Waals surface area contributed by atoms with Crippen LogP contribution >= 0.6 is 0 Å². The number of ether oxygens (including phenoxy) is 2. The van der Waals surface area contributed by atoms with Gasteiger partial charge in [-0.2, -0.15) is 0 Å². The molecule has 4 rings (SSSR count). The predicted molar refractivity (Wildman–Crippen MR) is 112 cm³/mol. The van der Waals surface area contributed by atoms with Crippen LogP contribution in [0.25, 0.3) is 0 Å². The van der Waals surface area contributed by atoms with Gasteiger partial charge in [-0.25, -0.2) is 4.79 Å². The van der Waals surface area contributed by atoms with Gasteiger partial charge in [0.15, 0.2) is 17.6 Å². The second-order valence-corrected chi connectivity index (χ2v) is 7.65. The van der Waals surface area contributed by atoms with Gasteiger partial charge in [0.05, 0.1) is 6.54 Å². The van der Waals surface area contributed by atoms with Gasteiger partial charge in [0.1, 0.15) is 6.61 Å². The van der Waals surface area contributed by atoms with Gasteiger partial charge in [-0.3, -0.25) is 4.79 Å². The second-order valence-electron chi connectivity index (χ2n) is 7.65. The first-order valence-corrected chi connectivity index (χ1v) is 10.4. The standard InChI is InChI=1S/C23H27N3O4/c27-22(24-14-17-6-2-1-3-7-17)18-10-12-26(13-11-18)23(28)25-15-19-16-29-20-8-4-5-9-21(20)30-19/h1-9,18-19H,10-16H2,(H,24,27)(H,25,28)/t19-/m0/s1. The van der Waals surface area contributed by atoms with Gasteiger partial charge in [0.2, 0.25) is 5.91 Å². The first-order chi connectivity index (χ1) is 14.7. The molecule has 1 saturated heterocycles. The SMILES string of the molecule is O=C(NCc1ccccc1)C1CCN(C(=O)NC[C@H]2COc3ccccc3O2)CC1. The van der Waals surface area contributed by atoms with Crippen LogP contribution in [0.2, 0.25) is 0 Å². The molecule has 158 valence electrons. The summed E-state index contributed by atoms with van der Waals surface area (Å²) < 4.78 is 11.5. The van der Waals surface area contributed by atoms with Crippen LogP contribution in [0.4, 0.5) is 4.79 Å². The molecule has 3 amide bonds. The third-order valence-corrected chi connectivity index (χ3v) is 5.51. The van der Waals surface area contributed by atoms with Crippen molar-refractivity contribution in [3.05, 3.63) is 60.2 Å². The van der Waals surface area contributed by atoms with E-state index in [1.54, 1.807) is 4.90 Å². The molecule has 30 heavy (non-hydrogen) atoms. The van der Waals surface area contributed by atoms with Gasteiger partial charge < -0.3 is 25.0 Å². The number of nitrogens with zero attached hydrogens (tertiary/aromatic N) is 1. The largest absolute Gasteiger partial charge is 0.486 e. The molecular weight excluding hydrogens is 382 g/mol. The number of hydrogen-bond acceptors (Lipinski definition) is 4. The second kappa shape index (κ2) is 9.52. The van der Waals surface area contributed by atoms with Gasteiger partial charge in [0, 0.05) is 25.6 Å². The molecule has 0 unspecified atom stereocenters. The fourth-order valence-electron chi connectivity index (χ4n) is 3.75. The number of fused-ring (bicyclic) bond motifs is 1. The number of amides is 3. The van der Waals surface area contributed by atoms with E-state index >= 15 is 0 Å². The van der Waals surface area contributed by atoms with Crippen molar-refractivity contribution in [2.75, 3.05) is 26.2 Å². The molecule has 0 aromatic heterocycles. The number of urea groups is 1. The van der Waals surface area contributed by atoms with Gasteiger partial charge in [-0.1, -0.05) is 42.5 Å². The van der Waals surface area contributed by atoms with Crippen LogP contribution in [0.5, 0.6) is 11.5 Å². The minimum absolute atomic E-state index is 0.0515. The molecule has 1 fully saturated rings. The predicted octanol–water partition coefficient (Wildman–Crippen LogP) is 2.56. The Kier molecular flexibility index (Phi) is 6.37. The van der Waals surface area contributed by atoms with Crippen molar-refractivity contribution in [1.82, 2.24) is 15.5 Å². The number of carbonyl (C=O) groups excluding carboxylic acids is 2. The van der Waals surface area contributed by atoms with Crippen LogP contribution in [-0.4, -0.2) is 49.2 Å². The van der Waals surface area contributed by atoms with E-state index in [0.29, 0.717) is 51.4 Å². The summed E-state index contributed by atoms with van der Waals surface area (Å²) in [6, 6.07) is 17.3. The third-order valence-electron chi connectivity index (χ3n) is 5.51. The van der Waals surface area contributed by atoms with Gasteiger partial charge >= 0.3 is 6.03 Å². The van der Waals surface area contributed by atoms with Crippen molar-refractivity contribution in [3.63, 3.8) is 0 Å². The maximum atomic E-state index is 12.5. The van der Waals surface area contributed by atoms with E-state index in [9.17, 15) is 9.59 Å². The maximum Gasteiger partial charge on any atom is 0.317 e. The van der Waals surface area contributed by atoms with Crippen molar-refractivity contribution < 1.29 is 19.1 Å². The Balaban J connectivity index is 1.17. The Morgan fingerprint density at radius 3 is 2.40 bits per heavy atom. The van der Waals surface area contributed by atoms with Gasteiger partial charge in [-0.05, 0) is 30.5 Å². The number of rotatable bonds is 5. The third kappa shape index (κ3) is 5.03. The monoisotopic (exact) mass is 409 g/mol. The summed E-state index contributed by atoms with van der Waals surface area (Å²) >= 11 is 0. The van der Waals surface area contributed by atoms with E-state index in [-0.39, 0.29) is 24.0 Å². The van der Waals surface area contributed by atoms with E-state index in [4.69, 9.17) is 9.47 Å². The Morgan fingerprint density at radius 1 is 0.933 bits per heavy atom. The van der Waals surface area contributed by atoms with Gasteiger partial charge in [-0.15, -0.1) is 0 Å². The number of benzene rings is 2.